The molecule has 1 amide bonds. The van der Waals surface area contributed by atoms with Crippen molar-refractivity contribution >= 4 is 34.5 Å². The van der Waals surface area contributed by atoms with Gasteiger partial charge in [0.15, 0.2) is 10.8 Å². The maximum atomic E-state index is 13.1. The van der Waals surface area contributed by atoms with Crippen molar-refractivity contribution in [2.45, 2.75) is 6.42 Å². The van der Waals surface area contributed by atoms with Gasteiger partial charge in [0.1, 0.15) is 5.82 Å². The van der Waals surface area contributed by atoms with Crippen LogP contribution in [0.5, 0.6) is 0 Å². The highest BCUT2D eigenvalue weighted by Crippen LogP contribution is 2.21. The fourth-order valence-corrected chi connectivity index (χ4v) is 2.79. The van der Waals surface area contributed by atoms with Gasteiger partial charge in [0.25, 0.3) is 0 Å². The molecule has 23 heavy (non-hydrogen) atoms. The molecule has 1 aromatic carbocycles. The molecule has 3 aromatic rings. The van der Waals surface area contributed by atoms with Crippen LogP contribution < -0.4 is 5.32 Å². The third kappa shape index (κ3) is 3.88. The number of halogens is 2. The van der Waals surface area contributed by atoms with Gasteiger partial charge >= 0.3 is 0 Å². The van der Waals surface area contributed by atoms with Crippen molar-refractivity contribution in [1.82, 2.24) is 15.0 Å². The predicted octanol–water partition coefficient (Wildman–Crippen LogP) is 3.57. The van der Waals surface area contributed by atoms with Gasteiger partial charge < -0.3 is 5.32 Å². The van der Waals surface area contributed by atoms with E-state index in [0.717, 1.165) is 0 Å². The van der Waals surface area contributed by atoms with Gasteiger partial charge in [-0.15, -0.1) is 11.3 Å². The number of anilines is 1. The molecule has 0 spiro atoms. The summed E-state index contributed by atoms with van der Waals surface area (Å²) in [6.07, 6.45) is 3.36. The van der Waals surface area contributed by atoms with E-state index in [1.54, 1.807) is 23.8 Å². The third-order valence-corrected chi connectivity index (χ3v) is 4.03. The largest absolute Gasteiger partial charge is 0.326 e. The van der Waals surface area contributed by atoms with Gasteiger partial charge in [-0.3, -0.25) is 4.79 Å². The summed E-state index contributed by atoms with van der Waals surface area (Å²) in [6, 6.07) is 5.73. The Balaban J connectivity index is 1.66. The van der Waals surface area contributed by atoms with Crippen LogP contribution in [-0.2, 0) is 11.2 Å². The molecule has 0 unspecified atom stereocenters. The lowest BCUT2D eigenvalue weighted by molar-refractivity contribution is -0.115. The molecule has 1 N–H and O–H groups in total. The van der Waals surface area contributed by atoms with Crippen molar-refractivity contribution in [3.63, 3.8) is 0 Å². The van der Waals surface area contributed by atoms with Crippen LogP contribution in [0.2, 0.25) is 5.02 Å². The van der Waals surface area contributed by atoms with Crippen molar-refractivity contribution in [3.05, 3.63) is 58.6 Å². The lowest BCUT2D eigenvalue weighted by Gasteiger charge is -2.04. The summed E-state index contributed by atoms with van der Waals surface area (Å²) in [5.74, 6) is -0.273. The predicted molar refractivity (Wildman–Crippen MR) is 86.9 cm³/mol. The van der Waals surface area contributed by atoms with Crippen LogP contribution in [0.3, 0.4) is 0 Å². The second kappa shape index (κ2) is 6.80. The van der Waals surface area contributed by atoms with Crippen LogP contribution in [0.1, 0.15) is 5.69 Å². The topological polar surface area (TPSA) is 67.8 Å². The lowest BCUT2D eigenvalue weighted by atomic mass is 10.2. The number of nitrogens with zero attached hydrogens (tertiary/aromatic N) is 3. The number of benzene rings is 1. The zero-order chi connectivity index (χ0) is 16.2. The van der Waals surface area contributed by atoms with Crippen LogP contribution in [-0.4, -0.2) is 20.9 Å². The second-order valence-electron chi connectivity index (χ2n) is 4.57. The molecule has 0 saturated heterocycles. The maximum Gasteiger partial charge on any atom is 0.230 e. The fraction of sp³-hybridized carbons (Fsp3) is 0.0667. The summed E-state index contributed by atoms with van der Waals surface area (Å²) in [4.78, 5) is 24.6. The lowest BCUT2D eigenvalue weighted by Crippen LogP contribution is -2.14. The molecule has 0 atom stereocenters. The Kier molecular flexibility index (Phi) is 4.59. The minimum atomic E-state index is -0.531. The third-order valence-electron chi connectivity index (χ3n) is 2.85. The van der Waals surface area contributed by atoms with E-state index < -0.39 is 5.82 Å². The standard InChI is InChI=1S/C15H10ClFN4OS/c16-11-6-9(2-3-12(11)17)20-13(22)7-10-8-23-15(21-10)14-18-4-1-5-19-14/h1-6,8H,7H2,(H,20,22). The first kappa shape index (κ1) is 15.5. The van der Waals surface area contributed by atoms with Crippen LogP contribution >= 0.6 is 22.9 Å². The Hall–Kier alpha value is -2.38. The van der Waals surface area contributed by atoms with Gasteiger partial charge in [-0.1, -0.05) is 11.6 Å². The molecular weight excluding hydrogens is 339 g/mol. The van der Waals surface area contributed by atoms with E-state index in [4.69, 9.17) is 11.6 Å². The molecule has 0 radical (unpaired) electrons. The monoisotopic (exact) mass is 348 g/mol. The van der Waals surface area contributed by atoms with Crippen molar-refractivity contribution in [3.8, 4) is 10.8 Å². The highest BCUT2D eigenvalue weighted by atomic mass is 35.5. The quantitative estimate of drug-likeness (QED) is 0.782. The van der Waals surface area contributed by atoms with Crippen LogP contribution in [0.15, 0.2) is 42.0 Å². The molecule has 0 aliphatic heterocycles. The first-order valence-electron chi connectivity index (χ1n) is 6.58. The first-order valence-corrected chi connectivity index (χ1v) is 7.84. The van der Waals surface area contributed by atoms with Crippen molar-refractivity contribution in [2.75, 3.05) is 5.32 Å². The molecule has 0 bridgehead atoms. The van der Waals surface area contributed by atoms with Crippen LogP contribution in [0.25, 0.3) is 10.8 Å². The number of amides is 1. The van der Waals surface area contributed by atoms with Crippen molar-refractivity contribution < 1.29 is 9.18 Å². The smallest absolute Gasteiger partial charge is 0.230 e. The van der Waals surface area contributed by atoms with E-state index in [1.807, 2.05) is 0 Å². The molecule has 116 valence electrons. The van der Waals surface area contributed by atoms with E-state index in [2.05, 4.69) is 20.3 Å². The van der Waals surface area contributed by atoms with E-state index in [9.17, 15) is 9.18 Å². The highest BCUT2D eigenvalue weighted by molar-refractivity contribution is 7.13. The van der Waals surface area contributed by atoms with Crippen molar-refractivity contribution in [1.29, 1.82) is 0 Å². The van der Waals surface area contributed by atoms with Gasteiger partial charge in [-0.05, 0) is 24.3 Å². The summed E-state index contributed by atoms with van der Waals surface area (Å²) >= 11 is 7.05. The van der Waals surface area contributed by atoms with Gasteiger partial charge in [-0.2, -0.15) is 0 Å². The number of thiazole rings is 1. The number of nitrogens with one attached hydrogen (secondary N) is 1. The molecule has 0 aliphatic rings. The van der Waals surface area contributed by atoms with Gasteiger partial charge in [0.05, 0.1) is 17.1 Å². The highest BCUT2D eigenvalue weighted by Gasteiger charge is 2.11. The Morgan fingerprint density at radius 2 is 2.09 bits per heavy atom. The summed E-state index contributed by atoms with van der Waals surface area (Å²) in [6.45, 7) is 0. The zero-order valence-electron chi connectivity index (χ0n) is 11.7. The van der Waals surface area contributed by atoms with Gasteiger partial charge in [0.2, 0.25) is 5.91 Å². The summed E-state index contributed by atoms with van der Waals surface area (Å²) < 4.78 is 13.1. The SMILES string of the molecule is O=C(Cc1csc(-c2ncccn2)n1)Nc1ccc(F)c(Cl)c1. The first-order chi connectivity index (χ1) is 11.1. The Morgan fingerprint density at radius 1 is 1.30 bits per heavy atom. The normalized spacial score (nSPS) is 10.5. The summed E-state index contributed by atoms with van der Waals surface area (Å²) in [5.41, 5.74) is 1.05. The number of hydrogen-bond donors (Lipinski definition) is 1. The average molecular weight is 349 g/mol. The van der Waals surface area contributed by atoms with Crippen molar-refractivity contribution in [2.24, 2.45) is 0 Å². The summed E-state index contributed by atoms with van der Waals surface area (Å²) in [7, 11) is 0. The molecule has 5 nitrogen and oxygen atoms in total. The molecule has 0 saturated carbocycles. The average Bonchev–Trinajstić information content (AvgIpc) is 3.00. The molecule has 0 fully saturated rings. The fourth-order valence-electron chi connectivity index (χ4n) is 1.84. The molecule has 2 aromatic heterocycles. The van der Waals surface area contributed by atoms with E-state index in [-0.39, 0.29) is 17.4 Å². The number of hydrogen-bond acceptors (Lipinski definition) is 5. The Bertz CT molecular complexity index is 841. The minimum absolute atomic E-state index is 0.0417. The molecule has 8 heteroatoms. The molecular formula is C15H10ClFN4OS. The number of carbonyl (C=O) groups excluding carboxylic acids is 1. The zero-order valence-corrected chi connectivity index (χ0v) is 13.2. The molecule has 3 rings (SSSR count). The molecule has 0 aliphatic carbocycles. The maximum absolute atomic E-state index is 13.1. The van der Waals surface area contributed by atoms with Gasteiger partial charge in [0, 0.05) is 23.5 Å². The van der Waals surface area contributed by atoms with Crippen LogP contribution in [0.4, 0.5) is 10.1 Å². The van der Waals surface area contributed by atoms with Crippen LogP contribution in [0, 0.1) is 5.82 Å². The summed E-state index contributed by atoms with van der Waals surface area (Å²) in [5, 5.41) is 5.04. The Morgan fingerprint density at radius 3 is 2.83 bits per heavy atom. The second-order valence-corrected chi connectivity index (χ2v) is 5.84. The number of aromatic nitrogens is 3. The Labute approximate surface area is 140 Å². The number of rotatable bonds is 4. The van der Waals surface area contributed by atoms with Gasteiger partial charge in [-0.25, -0.2) is 19.3 Å². The van der Waals surface area contributed by atoms with E-state index >= 15 is 0 Å². The minimum Gasteiger partial charge on any atom is -0.326 e. The molecule has 2 heterocycles. The van der Waals surface area contributed by atoms with E-state index in [0.29, 0.717) is 22.2 Å². The number of carbonyl (C=O) groups is 1. The van der Waals surface area contributed by atoms with E-state index in [1.165, 1.54) is 29.5 Å².